The maximum Gasteiger partial charge on any atom is 0.257 e. The zero-order valence-corrected chi connectivity index (χ0v) is 10.9. The summed E-state index contributed by atoms with van der Waals surface area (Å²) in [5.74, 6) is 1.28. The number of aromatic amines is 1. The first-order valence-electron chi connectivity index (χ1n) is 5.33. The quantitative estimate of drug-likeness (QED) is 0.752. The van der Waals surface area contributed by atoms with Crippen LogP contribution in [0.25, 0.3) is 0 Å². The molecule has 18 heavy (non-hydrogen) atoms. The van der Waals surface area contributed by atoms with Gasteiger partial charge in [0.25, 0.3) is 10.0 Å². The summed E-state index contributed by atoms with van der Waals surface area (Å²) >= 11 is 0. The highest BCUT2D eigenvalue weighted by Crippen LogP contribution is 2.04. The van der Waals surface area contributed by atoms with Crippen molar-refractivity contribution in [2.75, 3.05) is 6.54 Å². The molecule has 0 aromatic carbocycles. The summed E-state index contributed by atoms with van der Waals surface area (Å²) in [6.45, 7) is 1.95. The Balaban J connectivity index is 1.96. The lowest BCUT2D eigenvalue weighted by Gasteiger charge is -2.04. The molecular formula is C9H14N6O2S. The van der Waals surface area contributed by atoms with E-state index in [1.807, 2.05) is 7.05 Å². The van der Waals surface area contributed by atoms with Crippen LogP contribution in [-0.4, -0.2) is 39.7 Å². The van der Waals surface area contributed by atoms with E-state index in [2.05, 4.69) is 24.9 Å². The van der Waals surface area contributed by atoms with Gasteiger partial charge in [-0.2, -0.15) is 0 Å². The van der Waals surface area contributed by atoms with Gasteiger partial charge in [0, 0.05) is 20.0 Å². The van der Waals surface area contributed by atoms with Crippen molar-refractivity contribution >= 4 is 10.0 Å². The van der Waals surface area contributed by atoms with Crippen molar-refractivity contribution in [2.45, 2.75) is 18.4 Å². The number of nitrogens with zero attached hydrogens (tertiary/aromatic N) is 4. The molecule has 0 aliphatic rings. The molecule has 0 aliphatic heterocycles. The van der Waals surface area contributed by atoms with E-state index in [0.29, 0.717) is 12.2 Å². The normalized spacial score (nSPS) is 11.9. The highest BCUT2D eigenvalue weighted by molar-refractivity contribution is 7.89. The molecule has 2 heterocycles. The van der Waals surface area contributed by atoms with Crippen LogP contribution in [0.2, 0.25) is 0 Å². The largest absolute Gasteiger partial charge is 0.332 e. The number of aryl methyl sites for hydroxylation is 2. The van der Waals surface area contributed by atoms with Gasteiger partial charge < -0.3 is 9.55 Å². The molecule has 0 saturated heterocycles. The first-order valence-corrected chi connectivity index (χ1v) is 6.81. The number of sulfonamides is 1. The van der Waals surface area contributed by atoms with Crippen LogP contribution in [0.4, 0.5) is 0 Å². The summed E-state index contributed by atoms with van der Waals surface area (Å²) in [5.41, 5.74) is 0. The Morgan fingerprint density at radius 3 is 2.83 bits per heavy atom. The van der Waals surface area contributed by atoms with E-state index in [4.69, 9.17) is 0 Å². The van der Waals surface area contributed by atoms with Gasteiger partial charge in [-0.15, -0.1) is 10.2 Å². The number of rotatable bonds is 5. The second-order valence-electron chi connectivity index (χ2n) is 3.84. The molecule has 0 saturated carbocycles. The lowest BCUT2D eigenvalue weighted by Crippen LogP contribution is -2.27. The van der Waals surface area contributed by atoms with Gasteiger partial charge in [-0.1, -0.05) is 0 Å². The molecule has 0 atom stereocenters. The molecule has 8 nitrogen and oxygen atoms in total. The fourth-order valence-corrected chi connectivity index (χ4v) is 2.44. The molecule has 98 valence electrons. The Morgan fingerprint density at radius 2 is 2.28 bits per heavy atom. The molecule has 0 amide bonds. The number of nitrogens with one attached hydrogen (secondary N) is 2. The number of aromatic nitrogens is 5. The number of hydrogen-bond acceptors (Lipinski definition) is 5. The summed E-state index contributed by atoms with van der Waals surface area (Å²) in [6.07, 6.45) is 3.34. The standard InChI is InChI=1S/C9H14N6O2S/c1-7-10-5-9(13-7)18(16,17)12-4-3-8-14-11-6-15(8)2/h5-6,12H,3-4H2,1-2H3,(H,10,13). The van der Waals surface area contributed by atoms with Gasteiger partial charge in [0.2, 0.25) is 0 Å². The van der Waals surface area contributed by atoms with Crippen molar-refractivity contribution in [1.29, 1.82) is 0 Å². The Labute approximate surface area is 105 Å². The van der Waals surface area contributed by atoms with Gasteiger partial charge in [-0.05, 0) is 6.92 Å². The van der Waals surface area contributed by atoms with Crippen molar-refractivity contribution in [3.8, 4) is 0 Å². The van der Waals surface area contributed by atoms with Gasteiger partial charge in [-0.25, -0.2) is 18.1 Å². The average molecular weight is 270 g/mol. The smallest absolute Gasteiger partial charge is 0.257 e. The minimum absolute atomic E-state index is 0.0676. The van der Waals surface area contributed by atoms with Crippen LogP contribution in [0, 0.1) is 6.92 Å². The third-order valence-corrected chi connectivity index (χ3v) is 3.79. The van der Waals surface area contributed by atoms with E-state index in [0.717, 1.165) is 5.82 Å². The predicted molar refractivity (Wildman–Crippen MR) is 63.2 cm³/mol. The van der Waals surface area contributed by atoms with Gasteiger partial charge in [0.15, 0.2) is 5.03 Å². The van der Waals surface area contributed by atoms with Crippen LogP contribution < -0.4 is 4.72 Å². The molecule has 0 aliphatic carbocycles. The maximum absolute atomic E-state index is 11.8. The van der Waals surface area contributed by atoms with E-state index >= 15 is 0 Å². The molecule has 9 heteroatoms. The molecule has 0 bridgehead atoms. The Kier molecular flexibility index (Phi) is 3.43. The van der Waals surface area contributed by atoms with Crippen LogP contribution in [0.3, 0.4) is 0 Å². The molecule has 2 N–H and O–H groups in total. The van der Waals surface area contributed by atoms with Gasteiger partial charge in [-0.3, -0.25) is 0 Å². The average Bonchev–Trinajstić information content (AvgIpc) is 2.89. The van der Waals surface area contributed by atoms with E-state index in [-0.39, 0.29) is 11.6 Å². The number of hydrogen-bond donors (Lipinski definition) is 2. The van der Waals surface area contributed by atoms with E-state index in [1.165, 1.54) is 6.20 Å². The molecule has 2 rings (SSSR count). The Bertz CT molecular complexity index is 629. The van der Waals surface area contributed by atoms with Gasteiger partial charge in [0.1, 0.15) is 18.0 Å². The SMILES string of the molecule is Cc1ncc(S(=O)(=O)NCCc2nncn2C)[nH]1. The zero-order valence-electron chi connectivity index (χ0n) is 10.1. The minimum Gasteiger partial charge on any atom is -0.332 e. The highest BCUT2D eigenvalue weighted by atomic mass is 32.2. The summed E-state index contributed by atoms with van der Waals surface area (Å²) in [4.78, 5) is 6.53. The Morgan fingerprint density at radius 1 is 1.50 bits per heavy atom. The van der Waals surface area contributed by atoms with Crippen LogP contribution >= 0.6 is 0 Å². The van der Waals surface area contributed by atoms with Crippen molar-refractivity contribution in [3.05, 3.63) is 24.2 Å². The van der Waals surface area contributed by atoms with Gasteiger partial charge >= 0.3 is 0 Å². The molecule has 0 radical (unpaired) electrons. The first kappa shape index (κ1) is 12.7. The molecule has 0 spiro atoms. The van der Waals surface area contributed by atoms with Gasteiger partial charge in [0.05, 0.1) is 6.20 Å². The Hall–Kier alpha value is -1.74. The van der Waals surface area contributed by atoms with Crippen molar-refractivity contribution in [2.24, 2.45) is 7.05 Å². The molecule has 2 aromatic heterocycles. The number of imidazole rings is 1. The van der Waals surface area contributed by atoms with E-state index in [1.54, 1.807) is 17.8 Å². The summed E-state index contributed by atoms with van der Waals surface area (Å²) in [5, 5.41) is 7.66. The van der Waals surface area contributed by atoms with Crippen LogP contribution in [0.5, 0.6) is 0 Å². The molecule has 0 unspecified atom stereocenters. The van der Waals surface area contributed by atoms with Crippen LogP contribution in [-0.2, 0) is 23.5 Å². The fourth-order valence-electron chi connectivity index (χ4n) is 1.44. The molecular weight excluding hydrogens is 256 g/mol. The van der Waals surface area contributed by atoms with Crippen LogP contribution in [0.15, 0.2) is 17.6 Å². The lowest BCUT2D eigenvalue weighted by atomic mass is 10.4. The fraction of sp³-hybridized carbons (Fsp3) is 0.444. The zero-order chi connectivity index (χ0) is 13.2. The second kappa shape index (κ2) is 4.86. The minimum atomic E-state index is -3.53. The predicted octanol–water partition coefficient (Wildman–Crippen LogP) is -0.632. The van der Waals surface area contributed by atoms with Crippen LogP contribution in [0.1, 0.15) is 11.6 Å². The monoisotopic (exact) mass is 270 g/mol. The van der Waals surface area contributed by atoms with Crippen molar-refractivity contribution in [1.82, 2.24) is 29.5 Å². The van der Waals surface area contributed by atoms with Crippen molar-refractivity contribution in [3.63, 3.8) is 0 Å². The van der Waals surface area contributed by atoms with E-state index < -0.39 is 10.0 Å². The van der Waals surface area contributed by atoms with E-state index in [9.17, 15) is 8.42 Å². The molecule has 2 aromatic rings. The third-order valence-electron chi connectivity index (χ3n) is 2.41. The topological polar surface area (TPSA) is 106 Å². The van der Waals surface area contributed by atoms with Crippen molar-refractivity contribution < 1.29 is 8.42 Å². The third kappa shape index (κ3) is 2.74. The highest BCUT2D eigenvalue weighted by Gasteiger charge is 2.16. The first-order chi connectivity index (χ1) is 8.49. The summed E-state index contributed by atoms with van der Waals surface area (Å²) in [6, 6.07) is 0. The lowest BCUT2D eigenvalue weighted by molar-refractivity contribution is 0.576. The molecule has 0 fully saturated rings. The maximum atomic E-state index is 11.8. The second-order valence-corrected chi connectivity index (χ2v) is 5.57. The summed E-state index contributed by atoms with van der Waals surface area (Å²) in [7, 11) is -1.72. The summed E-state index contributed by atoms with van der Waals surface area (Å²) < 4.78 is 27.9. The number of H-pyrrole nitrogens is 1.